The van der Waals surface area contributed by atoms with Gasteiger partial charge in [-0.1, -0.05) is 12.1 Å². The average molecular weight is 365 g/mol. The van der Waals surface area contributed by atoms with Crippen LogP contribution in [0.5, 0.6) is 0 Å². The van der Waals surface area contributed by atoms with Crippen LogP contribution in [-0.2, 0) is 12.7 Å². The normalized spacial score (nSPS) is 11.2. The number of carbonyl (C=O) groups excluding carboxylic acids is 2. The van der Waals surface area contributed by atoms with Crippen molar-refractivity contribution in [2.75, 3.05) is 13.1 Å². The molecule has 8 heteroatoms. The van der Waals surface area contributed by atoms with Crippen LogP contribution in [0.4, 0.5) is 13.2 Å². The Bertz CT molecular complexity index is 763. The lowest BCUT2D eigenvalue weighted by molar-refractivity contribution is -0.137. The number of pyridine rings is 1. The van der Waals surface area contributed by atoms with E-state index in [-0.39, 0.29) is 12.5 Å². The number of hydrogen-bond donors (Lipinski definition) is 2. The average Bonchev–Trinajstić information content (AvgIpc) is 2.64. The van der Waals surface area contributed by atoms with Gasteiger partial charge in [-0.25, -0.2) is 0 Å². The molecule has 0 fully saturated rings. The van der Waals surface area contributed by atoms with E-state index in [0.29, 0.717) is 42.5 Å². The van der Waals surface area contributed by atoms with Crippen LogP contribution in [0.1, 0.15) is 38.3 Å². The number of carbonyl (C=O) groups is 2. The molecule has 1 aromatic heterocycles. The van der Waals surface area contributed by atoms with Gasteiger partial charge in [-0.15, -0.1) is 0 Å². The van der Waals surface area contributed by atoms with Crippen LogP contribution in [0, 0.1) is 0 Å². The fraction of sp³-hybridized carbons (Fsp3) is 0.278. The van der Waals surface area contributed by atoms with Crippen molar-refractivity contribution < 1.29 is 22.8 Å². The van der Waals surface area contributed by atoms with Gasteiger partial charge in [0.1, 0.15) is 6.29 Å². The quantitative estimate of drug-likeness (QED) is 0.557. The minimum atomic E-state index is -4.41. The Labute approximate surface area is 148 Å². The van der Waals surface area contributed by atoms with Crippen LogP contribution in [0.25, 0.3) is 0 Å². The maximum Gasteiger partial charge on any atom is 0.417 e. The Hall–Kier alpha value is -2.74. The lowest BCUT2D eigenvalue weighted by atomic mass is 10.1. The zero-order chi connectivity index (χ0) is 19.0. The number of hydrogen-bond acceptors (Lipinski definition) is 4. The van der Waals surface area contributed by atoms with E-state index in [1.807, 2.05) is 0 Å². The second-order valence-electron chi connectivity index (χ2n) is 5.61. The highest BCUT2D eigenvalue weighted by Crippen LogP contribution is 2.28. The van der Waals surface area contributed by atoms with Crippen molar-refractivity contribution in [2.45, 2.75) is 19.1 Å². The summed E-state index contributed by atoms with van der Waals surface area (Å²) in [6.45, 7) is 1.18. The van der Waals surface area contributed by atoms with E-state index in [4.69, 9.17) is 0 Å². The van der Waals surface area contributed by atoms with Gasteiger partial charge in [-0.05, 0) is 36.7 Å². The number of alkyl halides is 3. The molecule has 0 spiro atoms. The maximum absolute atomic E-state index is 12.6. The summed E-state index contributed by atoms with van der Waals surface area (Å²) >= 11 is 0. The van der Waals surface area contributed by atoms with Crippen LogP contribution in [0.3, 0.4) is 0 Å². The standard InChI is InChI=1S/C18H18F3N3O2/c19-18(20,21)16-8-14(10-23-11-16)9-22-5-2-6-24-17(26)15-4-1-3-13(7-15)12-25/h1,3-4,7-8,10-12,22H,2,5-6,9H2,(H,24,26). The molecule has 1 amide bonds. The SMILES string of the molecule is O=Cc1cccc(C(=O)NCCCNCc2cncc(C(F)(F)F)c2)c1. The highest BCUT2D eigenvalue weighted by Gasteiger charge is 2.30. The van der Waals surface area contributed by atoms with E-state index in [1.54, 1.807) is 18.2 Å². The van der Waals surface area contributed by atoms with Gasteiger partial charge in [0.25, 0.3) is 5.91 Å². The first kappa shape index (κ1) is 19.6. The van der Waals surface area contributed by atoms with Crippen molar-refractivity contribution in [1.29, 1.82) is 0 Å². The van der Waals surface area contributed by atoms with Crippen molar-refractivity contribution in [3.8, 4) is 0 Å². The molecule has 0 aliphatic carbocycles. The summed E-state index contributed by atoms with van der Waals surface area (Å²) in [5.74, 6) is -0.282. The van der Waals surface area contributed by atoms with E-state index >= 15 is 0 Å². The molecule has 5 nitrogen and oxygen atoms in total. The van der Waals surface area contributed by atoms with Crippen LogP contribution >= 0.6 is 0 Å². The van der Waals surface area contributed by atoms with Crippen molar-refractivity contribution in [3.05, 3.63) is 65.0 Å². The Morgan fingerprint density at radius 2 is 1.96 bits per heavy atom. The zero-order valence-electron chi connectivity index (χ0n) is 13.8. The summed E-state index contributed by atoms with van der Waals surface area (Å²) in [5, 5.41) is 5.73. The molecule has 138 valence electrons. The van der Waals surface area contributed by atoms with Gasteiger partial charge in [0.05, 0.1) is 5.56 Å². The number of halogens is 3. The molecule has 0 bridgehead atoms. The summed E-state index contributed by atoms with van der Waals surface area (Å²) in [4.78, 5) is 26.2. The zero-order valence-corrected chi connectivity index (χ0v) is 13.8. The third-order valence-electron chi connectivity index (χ3n) is 3.55. The molecule has 0 atom stereocenters. The van der Waals surface area contributed by atoms with E-state index in [1.165, 1.54) is 12.3 Å². The van der Waals surface area contributed by atoms with E-state index in [9.17, 15) is 22.8 Å². The fourth-order valence-electron chi connectivity index (χ4n) is 2.24. The molecule has 0 radical (unpaired) electrons. The number of nitrogens with zero attached hydrogens (tertiary/aromatic N) is 1. The molecule has 0 saturated heterocycles. The van der Waals surface area contributed by atoms with Crippen LogP contribution in [0.2, 0.25) is 0 Å². The highest BCUT2D eigenvalue weighted by atomic mass is 19.4. The molecule has 0 unspecified atom stereocenters. The molecule has 0 aliphatic rings. The summed E-state index contributed by atoms with van der Waals surface area (Å²) in [7, 11) is 0. The fourth-order valence-corrected chi connectivity index (χ4v) is 2.24. The molecule has 2 rings (SSSR count). The monoisotopic (exact) mass is 365 g/mol. The van der Waals surface area contributed by atoms with Gasteiger partial charge < -0.3 is 10.6 Å². The third-order valence-corrected chi connectivity index (χ3v) is 3.55. The number of aromatic nitrogens is 1. The first-order valence-corrected chi connectivity index (χ1v) is 7.95. The summed E-state index contributed by atoms with van der Waals surface area (Å²) in [6.07, 6.45) is -0.966. The number of aldehydes is 1. The smallest absolute Gasteiger partial charge is 0.352 e. The van der Waals surface area contributed by atoms with Gasteiger partial charge in [-0.2, -0.15) is 13.2 Å². The largest absolute Gasteiger partial charge is 0.417 e. The lowest BCUT2D eigenvalue weighted by Crippen LogP contribution is -2.27. The number of rotatable bonds is 8. The third kappa shape index (κ3) is 5.96. The Balaban J connectivity index is 1.69. The first-order valence-electron chi connectivity index (χ1n) is 7.95. The summed E-state index contributed by atoms with van der Waals surface area (Å²) in [5.41, 5.74) is 0.489. The van der Waals surface area contributed by atoms with E-state index < -0.39 is 11.7 Å². The first-order chi connectivity index (χ1) is 12.4. The summed E-state index contributed by atoms with van der Waals surface area (Å²) < 4.78 is 37.8. The van der Waals surface area contributed by atoms with Gasteiger partial charge in [0, 0.05) is 36.6 Å². The Morgan fingerprint density at radius 3 is 2.69 bits per heavy atom. The molecular formula is C18H18F3N3O2. The second-order valence-corrected chi connectivity index (χ2v) is 5.61. The topological polar surface area (TPSA) is 71.1 Å². The van der Waals surface area contributed by atoms with Crippen molar-refractivity contribution in [3.63, 3.8) is 0 Å². The van der Waals surface area contributed by atoms with Crippen LogP contribution in [0.15, 0.2) is 42.7 Å². The van der Waals surface area contributed by atoms with E-state index in [2.05, 4.69) is 15.6 Å². The molecule has 1 heterocycles. The highest BCUT2D eigenvalue weighted by molar-refractivity contribution is 5.95. The Morgan fingerprint density at radius 1 is 1.15 bits per heavy atom. The predicted molar refractivity (Wildman–Crippen MR) is 89.7 cm³/mol. The molecule has 0 saturated carbocycles. The molecular weight excluding hydrogens is 347 g/mol. The number of benzene rings is 1. The second kappa shape index (κ2) is 9.10. The number of amides is 1. The molecule has 2 N–H and O–H groups in total. The van der Waals surface area contributed by atoms with Gasteiger partial charge >= 0.3 is 6.18 Å². The van der Waals surface area contributed by atoms with Gasteiger partial charge in [0.15, 0.2) is 0 Å². The lowest BCUT2D eigenvalue weighted by Gasteiger charge is -2.09. The van der Waals surface area contributed by atoms with Gasteiger partial charge in [0.2, 0.25) is 0 Å². The summed E-state index contributed by atoms with van der Waals surface area (Å²) in [6, 6.07) is 7.41. The Kier molecular flexibility index (Phi) is 6.85. The molecule has 0 aliphatic heterocycles. The van der Waals surface area contributed by atoms with Crippen LogP contribution < -0.4 is 10.6 Å². The van der Waals surface area contributed by atoms with Gasteiger partial charge in [-0.3, -0.25) is 14.6 Å². The van der Waals surface area contributed by atoms with Crippen molar-refractivity contribution >= 4 is 12.2 Å². The number of nitrogens with one attached hydrogen (secondary N) is 2. The van der Waals surface area contributed by atoms with Crippen molar-refractivity contribution in [2.24, 2.45) is 0 Å². The maximum atomic E-state index is 12.6. The van der Waals surface area contributed by atoms with Crippen LogP contribution in [-0.4, -0.2) is 30.3 Å². The molecule has 1 aromatic carbocycles. The molecule has 2 aromatic rings. The minimum absolute atomic E-state index is 0.256. The van der Waals surface area contributed by atoms with E-state index in [0.717, 1.165) is 12.3 Å². The van der Waals surface area contributed by atoms with Crippen molar-refractivity contribution in [1.82, 2.24) is 15.6 Å². The minimum Gasteiger partial charge on any atom is -0.352 e. The predicted octanol–water partition coefficient (Wildman–Crippen LogP) is 2.82. The molecule has 26 heavy (non-hydrogen) atoms.